The Bertz CT molecular complexity index is 673. The molecule has 0 aliphatic rings. The Morgan fingerprint density at radius 2 is 1.77 bits per heavy atom. The molecule has 2 aromatic carbocycles. The van der Waals surface area contributed by atoms with Crippen molar-refractivity contribution in [2.24, 2.45) is 0 Å². The lowest BCUT2D eigenvalue weighted by atomic mass is 10.1. The van der Waals surface area contributed by atoms with Crippen LogP contribution in [0, 0.1) is 0 Å². The second kappa shape index (κ2) is 10.6. The molecule has 0 aliphatic heterocycles. The molecule has 0 amide bonds. The molecule has 26 heavy (non-hydrogen) atoms. The lowest BCUT2D eigenvalue weighted by Crippen LogP contribution is -2.26. The van der Waals surface area contributed by atoms with E-state index in [1.165, 1.54) is 11.1 Å². The molecule has 0 aromatic heterocycles. The average molecular weight is 420 g/mol. The highest BCUT2D eigenvalue weighted by Gasteiger charge is 2.13. The van der Waals surface area contributed by atoms with Gasteiger partial charge in [0.05, 0.1) is 12.7 Å². The summed E-state index contributed by atoms with van der Waals surface area (Å²) in [5, 5.41) is 3.61. The van der Waals surface area contributed by atoms with Gasteiger partial charge in [-0.25, -0.2) is 0 Å². The zero-order valence-electron chi connectivity index (χ0n) is 16.2. The van der Waals surface area contributed by atoms with Gasteiger partial charge in [0.25, 0.3) is 0 Å². The van der Waals surface area contributed by atoms with Crippen LogP contribution < -0.4 is 14.8 Å². The lowest BCUT2D eigenvalue weighted by Gasteiger charge is -2.18. The Labute approximate surface area is 166 Å². The van der Waals surface area contributed by atoms with E-state index in [4.69, 9.17) is 9.47 Å². The summed E-state index contributed by atoms with van der Waals surface area (Å²) in [4.78, 5) is 0. The summed E-state index contributed by atoms with van der Waals surface area (Å²) in [7, 11) is 0. The van der Waals surface area contributed by atoms with Gasteiger partial charge in [-0.2, -0.15) is 0 Å². The number of hydrogen-bond donors (Lipinski definition) is 1. The van der Waals surface area contributed by atoms with Crippen LogP contribution in [0.5, 0.6) is 11.5 Å². The zero-order valence-corrected chi connectivity index (χ0v) is 17.8. The number of halogens is 1. The number of ether oxygens (including phenoxy) is 2. The second-order valence-electron chi connectivity index (χ2n) is 6.80. The minimum atomic E-state index is 0.114. The van der Waals surface area contributed by atoms with Gasteiger partial charge >= 0.3 is 0 Å². The third-order valence-electron chi connectivity index (χ3n) is 4.13. The maximum Gasteiger partial charge on any atom is 0.162 e. The molecule has 2 rings (SSSR count). The summed E-state index contributed by atoms with van der Waals surface area (Å²) in [6.45, 7) is 9.68. The summed E-state index contributed by atoms with van der Waals surface area (Å²) < 4.78 is 12.7. The third-order valence-corrected chi connectivity index (χ3v) is 4.86. The number of aryl methyl sites for hydroxylation is 1. The van der Waals surface area contributed by atoms with Crippen LogP contribution in [0.3, 0.4) is 0 Å². The van der Waals surface area contributed by atoms with Crippen molar-refractivity contribution >= 4 is 15.9 Å². The van der Waals surface area contributed by atoms with E-state index in [1.54, 1.807) is 0 Å². The maximum atomic E-state index is 5.87. The molecule has 0 saturated heterocycles. The molecule has 1 unspecified atom stereocenters. The highest BCUT2D eigenvalue weighted by atomic mass is 79.9. The predicted molar refractivity (Wildman–Crippen MR) is 112 cm³/mol. The van der Waals surface area contributed by atoms with Gasteiger partial charge in [-0.05, 0) is 63.8 Å². The Morgan fingerprint density at radius 1 is 1.04 bits per heavy atom. The number of rotatable bonds is 10. The first-order valence-electron chi connectivity index (χ1n) is 9.38. The minimum Gasteiger partial charge on any atom is -0.490 e. The summed E-state index contributed by atoms with van der Waals surface area (Å²) in [5.41, 5.74) is 2.56. The van der Waals surface area contributed by atoms with Crippen LogP contribution >= 0.6 is 15.9 Å². The Hall–Kier alpha value is -1.52. The maximum absolute atomic E-state index is 5.87. The van der Waals surface area contributed by atoms with Gasteiger partial charge in [0.15, 0.2) is 11.5 Å². The van der Waals surface area contributed by atoms with Crippen molar-refractivity contribution < 1.29 is 9.47 Å². The average Bonchev–Trinajstić information content (AvgIpc) is 2.61. The van der Waals surface area contributed by atoms with Crippen molar-refractivity contribution in [3.05, 3.63) is 58.1 Å². The van der Waals surface area contributed by atoms with E-state index >= 15 is 0 Å². The van der Waals surface area contributed by atoms with Gasteiger partial charge in [-0.1, -0.05) is 46.3 Å². The molecule has 0 bridgehead atoms. The molecule has 0 aliphatic carbocycles. The second-order valence-corrected chi connectivity index (χ2v) is 7.65. The smallest absolute Gasteiger partial charge is 0.162 e. The number of benzene rings is 2. The number of nitrogens with one attached hydrogen (secondary N) is 1. The molecule has 2 aromatic rings. The predicted octanol–water partition coefficient (Wildman–Crippen LogP) is 5.75. The summed E-state index contributed by atoms with van der Waals surface area (Å²) in [6.07, 6.45) is 2.30. The quantitative estimate of drug-likeness (QED) is 0.531. The third kappa shape index (κ3) is 6.65. The van der Waals surface area contributed by atoms with Crippen molar-refractivity contribution in [1.82, 2.24) is 5.32 Å². The van der Waals surface area contributed by atoms with Gasteiger partial charge in [0.2, 0.25) is 0 Å². The fraction of sp³-hybridized carbons (Fsp3) is 0.455. The molecule has 4 heteroatoms. The first-order chi connectivity index (χ1) is 12.5. The summed E-state index contributed by atoms with van der Waals surface area (Å²) >= 11 is 3.67. The monoisotopic (exact) mass is 419 g/mol. The van der Waals surface area contributed by atoms with Crippen LogP contribution in [0.25, 0.3) is 0 Å². The van der Waals surface area contributed by atoms with Crippen molar-refractivity contribution in [2.75, 3.05) is 6.61 Å². The normalized spacial score (nSPS) is 12.2. The minimum absolute atomic E-state index is 0.114. The molecule has 0 spiro atoms. The van der Waals surface area contributed by atoms with Crippen LogP contribution in [-0.2, 0) is 13.0 Å². The SMILES string of the molecule is CCOc1cc(CNC(C)CCc2ccccc2)c(Br)cc1OC(C)C. The van der Waals surface area contributed by atoms with Gasteiger partial charge in [0.1, 0.15) is 0 Å². The molecular formula is C22H30BrNO2. The topological polar surface area (TPSA) is 30.5 Å². The van der Waals surface area contributed by atoms with Crippen LogP contribution in [0.2, 0.25) is 0 Å². The van der Waals surface area contributed by atoms with Crippen LogP contribution in [-0.4, -0.2) is 18.8 Å². The first-order valence-corrected chi connectivity index (χ1v) is 10.2. The highest BCUT2D eigenvalue weighted by Crippen LogP contribution is 2.34. The lowest BCUT2D eigenvalue weighted by molar-refractivity contribution is 0.223. The Kier molecular flexibility index (Phi) is 8.46. The summed E-state index contributed by atoms with van der Waals surface area (Å²) in [5.74, 6) is 1.59. The van der Waals surface area contributed by atoms with Crippen molar-refractivity contribution in [1.29, 1.82) is 0 Å². The van der Waals surface area contributed by atoms with E-state index in [-0.39, 0.29) is 6.10 Å². The Morgan fingerprint density at radius 3 is 2.42 bits per heavy atom. The molecule has 0 fully saturated rings. The van der Waals surface area contributed by atoms with Gasteiger partial charge < -0.3 is 14.8 Å². The van der Waals surface area contributed by atoms with E-state index in [0.29, 0.717) is 12.6 Å². The zero-order chi connectivity index (χ0) is 18.9. The van der Waals surface area contributed by atoms with E-state index in [2.05, 4.69) is 64.6 Å². The summed E-state index contributed by atoms with van der Waals surface area (Å²) in [6, 6.07) is 15.1. The molecule has 1 N–H and O–H groups in total. The molecule has 1 atom stereocenters. The van der Waals surface area contributed by atoms with Crippen LogP contribution in [0.4, 0.5) is 0 Å². The number of hydrogen-bond acceptors (Lipinski definition) is 3. The van der Waals surface area contributed by atoms with Gasteiger partial charge in [0, 0.05) is 17.1 Å². The molecule has 0 saturated carbocycles. The van der Waals surface area contributed by atoms with Crippen molar-refractivity contribution in [3.63, 3.8) is 0 Å². The van der Waals surface area contributed by atoms with E-state index < -0.39 is 0 Å². The van der Waals surface area contributed by atoms with Gasteiger partial charge in [-0.3, -0.25) is 0 Å². The molecule has 3 nitrogen and oxygen atoms in total. The largest absolute Gasteiger partial charge is 0.490 e. The van der Waals surface area contributed by atoms with Crippen molar-refractivity contribution in [3.8, 4) is 11.5 Å². The molecule has 0 radical (unpaired) electrons. The fourth-order valence-corrected chi connectivity index (χ4v) is 3.20. The van der Waals surface area contributed by atoms with E-state index in [9.17, 15) is 0 Å². The van der Waals surface area contributed by atoms with Crippen LogP contribution in [0.1, 0.15) is 45.2 Å². The van der Waals surface area contributed by atoms with Gasteiger partial charge in [-0.15, -0.1) is 0 Å². The fourth-order valence-electron chi connectivity index (χ4n) is 2.74. The Balaban J connectivity index is 1.96. The van der Waals surface area contributed by atoms with Crippen molar-refractivity contribution in [2.45, 2.75) is 59.2 Å². The first kappa shape index (κ1) is 20.8. The molecule has 142 valence electrons. The van der Waals surface area contributed by atoms with Crippen LogP contribution in [0.15, 0.2) is 46.9 Å². The van der Waals surface area contributed by atoms with E-state index in [1.807, 2.05) is 26.8 Å². The molecular weight excluding hydrogens is 390 g/mol. The standard InChI is InChI=1S/C22H30BrNO2/c1-5-25-21-13-19(20(23)14-22(21)26-16(2)3)15-24-17(4)11-12-18-9-7-6-8-10-18/h6-10,13-14,16-17,24H,5,11-12,15H2,1-4H3. The molecule has 0 heterocycles. The highest BCUT2D eigenvalue weighted by molar-refractivity contribution is 9.10. The van der Waals surface area contributed by atoms with E-state index in [0.717, 1.165) is 35.4 Å².